The van der Waals surface area contributed by atoms with Crippen LogP contribution in [0.5, 0.6) is 0 Å². The third kappa shape index (κ3) is 6.15. The van der Waals surface area contributed by atoms with E-state index in [1.165, 1.54) is 5.56 Å². The molecule has 1 aliphatic rings. The number of benzene rings is 1. The van der Waals surface area contributed by atoms with E-state index < -0.39 is 0 Å². The Morgan fingerprint density at radius 2 is 1.93 bits per heavy atom. The van der Waals surface area contributed by atoms with E-state index in [2.05, 4.69) is 39.4 Å². The zero-order chi connectivity index (χ0) is 18.2. The molecular weight excluding hydrogens is 476 g/mol. The second-order valence-corrected chi connectivity index (χ2v) is 7.36. The standard InChI is InChI=1S/C20H26FN3OS.HI/c1-2-22-19(23-13-16-7-12-26-14-16)24-15-20(8-10-25-11-9-20)17-3-5-18(21)6-4-17;/h3-7,12,14H,2,8-11,13,15H2,1H3,(H2,22,23,24);1H. The van der Waals surface area contributed by atoms with Gasteiger partial charge in [-0.3, -0.25) is 0 Å². The van der Waals surface area contributed by atoms with Crippen LogP contribution in [0.3, 0.4) is 0 Å². The lowest BCUT2D eigenvalue weighted by Crippen LogP contribution is -2.48. The van der Waals surface area contributed by atoms with E-state index in [9.17, 15) is 4.39 Å². The molecule has 0 unspecified atom stereocenters. The van der Waals surface area contributed by atoms with Crippen LogP contribution in [0.25, 0.3) is 0 Å². The van der Waals surface area contributed by atoms with Gasteiger partial charge in [-0.2, -0.15) is 11.3 Å². The highest BCUT2D eigenvalue weighted by Crippen LogP contribution is 2.34. The predicted molar refractivity (Wildman–Crippen MR) is 121 cm³/mol. The van der Waals surface area contributed by atoms with E-state index >= 15 is 0 Å². The highest BCUT2D eigenvalue weighted by atomic mass is 127. The summed E-state index contributed by atoms with van der Waals surface area (Å²) in [7, 11) is 0. The Balaban J connectivity index is 0.00000261. The van der Waals surface area contributed by atoms with Gasteiger partial charge in [-0.25, -0.2) is 9.38 Å². The topological polar surface area (TPSA) is 45.7 Å². The van der Waals surface area contributed by atoms with Crippen LogP contribution >= 0.6 is 35.3 Å². The minimum absolute atomic E-state index is 0. The van der Waals surface area contributed by atoms with Gasteiger partial charge in [0.2, 0.25) is 0 Å². The molecule has 4 nitrogen and oxygen atoms in total. The molecule has 148 valence electrons. The van der Waals surface area contributed by atoms with Gasteiger partial charge in [-0.05, 0) is 59.9 Å². The lowest BCUT2D eigenvalue weighted by atomic mass is 9.74. The van der Waals surface area contributed by atoms with Crippen molar-refractivity contribution >= 4 is 41.3 Å². The van der Waals surface area contributed by atoms with E-state index in [1.807, 2.05) is 12.1 Å². The lowest BCUT2D eigenvalue weighted by Gasteiger charge is -2.38. The van der Waals surface area contributed by atoms with Gasteiger partial charge >= 0.3 is 0 Å². The predicted octanol–water partition coefficient (Wildman–Crippen LogP) is 4.31. The summed E-state index contributed by atoms with van der Waals surface area (Å²) in [5.41, 5.74) is 2.31. The maximum Gasteiger partial charge on any atom is 0.191 e. The Morgan fingerprint density at radius 3 is 2.56 bits per heavy atom. The summed E-state index contributed by atoms with van der Waals surface area (Å²) in [6.07, 6.45) is 1.82. The number of guanidine groups is 1. The van der Waals surface area contributed by atoms with Crippen LogP contribution < -0.4 is 10.6 Å². The molecule has 0 aliphatic carbocycles. The van der Waals surface area contributed by atoms with Crippen LogP contribution in [-0.2, 0) is 16.7 Å². The highest BCUT2D eigenvalue weighted by Gasteiger charge is 2.34. The van der Waals surface area contributed by atoms with Crippen LogP contribution in [0.4, 0.5) is 4.39 Å². The SMILES string of the molecule is CCNC(=NCc1ccsc1)NCC1(c2ccc(F)cc2)CCOCC1.I. The quantitative estimate of drug-likeness (QED) is 0.351. The monoisotopic (exact) mass is 503 g/mol. The van der Waals surface area contributed by atoms with E-state index in [0.717, 1.165) is 50.7 Å². The molecule has 3 rings (SSSR count). The lowest BCUT2D eigenvalue weighted by molar-refractivity contribution is 0.0513. The number of hydrogen-bond donors (Lipinski definition) is 2. The van der Waals surface area contributed by atoms with Gasteiger partial charge in [0.1, 0.15) is 5.82 Å². The molecule has 0 amide bonds. The number of halogens is 2. The van der Waals surface area contributed by atoms with Crippen molar-refractivity contribution in [1.29, 1.82) is 0 Å². The average molecular weight is 503 g/mol. The first-order chi connectivity index (χ1) is 12.7. The molecule has 0 spiro atoms. The Labute approximate surface area is 181 Å². The number of rotatable bonds is 6. The first-order valence-electron chi connectivity index (χ1n) is 9.09. The molecule has 1 aromatic heterocycles. The van der Waals surface area contributed by atoms with Crippen molar-refractivity contribution in [1.82, 2.24) is 10.6 Å². The Hall–Kier alpha value is -1.19. The van der Waals surface area contributed by atoms with E-state index in [4.69, 9.17) is 4.74 Å². The number of nitrogens with one attached hydrogen (secondary N) is 2. The third-order valence-corrected chi connectivity index (χ3v) is 5.58. The zero-order valence-electron chi connectivity index (χ0n) is 15.5. The minimum Gasteiger partial charge on any atom is -0.381 e. The van der Waals surface area contributed by atoms with Crippen molar-refractivity contribution < 1.29 is 9.13 Å². The molecule has 0 saturated carbocycles. The summed E-state index contributed by atoms with van der Waals surface area (Å²) in [6.45, 7) is 5.72. The van der Waals surface area contributed by atoms with Crippen molar-refractivity contribution in [3.63, 3.8) is 0 Å². The summed E-state index contributed by atoms with van der Waals surface area (Å²) in [6, 6.07) is 8.98. The number of hydrogen-bond acceptors (Lipinski definition) is 3. The summed E-state index contributed by atoms with van der Waals surface area (Å²) in [4.78, 5) is 4.69. The molecule has 0 bridgehead atoms. The molecule has 0 radical (unpaired) electrons. The molecule has 1 aromatic carbocycles. The molecular formula is C20H27FIN3OS. The second-order valence-electron chi connectivity index (χ2n) is 6.58. The van der Waals surface area contributed by atoms with Gasteiger partial charge in [0, 0.05) is 31.7 Å². The molecule has 0 atom stereocenters. The molecule has 7 heteroatoms. The summed E-state index contributed by atoms with van der Waals surface area (Å²) >= 11 is 1.68. The van der Waals surface area contributed by atoms with Crippen molar-refractivity contribution in [2.24, 2.45) is 4.99 Å². The van der Waals surface area contributed by atoms with Crippen LogP contribution in [0.2, 0.25) is 0 Å². The fourth-order valence-electron chi connectivity index (χ4n) is 3.28. The number of thiophene rings is 1. The normalized spacial score (nSPS) is 16.4. The second kappa shape index (κ2) is 11.0. The third-order valence-electron chi connectivity index (χ3n) is 4.84. The molecule has 2 heterocycles. The fraction of sp³-hybridized carbons (Fsp3) is 0.450. The molecule has 1 saturated heterocycles. The Morgan fingerprint density at radius 1 is 1.19 bits per heavy atom. The smallest absolute Gasteiger partial charge is 0.191 e. The first-order valence-corrected chi connectivity index (χ1v) is 10.0. The van der Waals surface area contributed by atoms with E-state index in [1.54, 1.807) is 23.5 Å². The molecule has 1 aliphatic heterocycles. The van der Waals surface area contributed by atoms with E-state index in [0.29, 0.717) is 6.54 Å². The number of aliphatic imine (C=N–C) groups is 1. The van der Waals surface area contributed by atoms with Crippen LogP contribution in [0.1, 0.15) is 30.9 Å². The van der Waals surface area contributed by atoms with Crippen LogP contribution in [-0.4, -0.2) is 32.3 Å². The minimum atomic E-state index is -0.199. The Bertz CT molecular complexity index is 701. The van der Waals surface area contributed by atoms with Gasteiger partial charge in [-0.1, -0.05) is 12.1 Å². The summed E-state index contributed by atoms with van der Waals surface area (Å²) in [5.74, 6) is 0.612. The zero-order valence-corrected chi connectivity index (χ0v) is 18.7. The molecule has 1 fully saturated rings. The molecule has 2 aromatic rings. The number of ether oxygens (including phenoxy) is 1. The summed E-state index contributed by atoms with van der Waals surface area (Å²) in [5, 5.41) is 11.0. The van der Waals surface area contributed by atoms with Crippen molar-refractivity contribution in [2.75, 3.05) is 26.3 Å². The maximum absolute atomic E-state index is 13.4. The van der Waals surface area contributed by atoms with Crippen LogP contribution in [0, 0.1) is 5.82 Å². The maximum atomic E-state index is 13.4. The van der Waals surface area contributed by atoms with Gasteiger partial charge < -0.3 is 15.4 Å². The fourth-order valence-corrected chi connectivity index (χ4v) is 3.94. The van der Waals surface area contributed by atoms with Gasteiger partial charge in [0.05, 0.1) is 6.54 Å². The largest absolute Gasteiger partial charge is 0.381 e. The van der Waals surface area contributed by atoms with Gasteiger partial charge in [0.15, 0.2) is 5.96 Å². The number of nitrogens with zero attached hydrogens (tertiary/aromatic N) is 1. The summed E-state index contributed by atoms with van der Waals surface area (Å²) < 4.78 is 18.9. The van der Waals surface area contributed by atoms with Crippen molar-refractivity contribution in [3.8, 4) is 0 Å². The molecule has 27 heavy (non-hydrogen) atoms. The van der Waals surface area contributed by atoms with Gasteiger partial charge in [0.25, 0.3) is 0 Å². The van der Waals surface area contributed by atoms with Crippen LogP contribution in [0.15, 0.2) is 46.1 Å². The van der Waals surface area contributed by atoms with Gasteiger partial charge in [-0.15, -0.1) is 24.0 Å². The first kappa shape index (κ1) is 22.1. The average Bonchev–Trinajstić information content (AvgIpc) is 3.19. The Kier molecular flexibility index (Phi) is 8.98. The highest BCUT2D eigenvalue weighted by molar-refractivity contribution is 14.0. The van der Waals surface area contributed by atoms with E-state index in [-0.39, 0.29) is 35.2 Å². The molecule has 2 N–H and O–H groups in total. The van der Waals surface area contributed by atoms with Crippen molar-refractivity contribution in [3.05, 3.63) is 58.0 Å². The van der Waals surface area contributed by atoms with Crippen molar-refractivity contribution in [2.45, 2.75) is 31.7 Å².